The van der Waals surface area contributed by atoms with Crippen LogP contribution >= 0.6 is 0 Å². The fourth-order valence-corrected chi connectivity index (χ4v) is 0.766. The minimum atomic E-state index is 0.887. The number of nitrogens with zero attached hydrogens (tertiary/aromatic N) is 3. The molecule has 0 aromatic carbocycles. The van der Waals surface area contributed by atoms with Gasteiger partial charge in [-0.25, -0.2) is 9.50 Å². The van der Waals surface area contributed by atoms with Crippen LogP contribution < -0.4 is 0 Å². The number of hydrogen-bond acceptors (Lipinski definition) is 2. The third-order valence-electron chi connectivity index (χ3n) is 1.18. The SMILES string of the molecule is c1ccn2ncnc2c1. The zero-order valence-corrected chi connectivity index (χ0v) is 4.73. The summed E-state index contributed by atoms with van der Waals surface area (Å²) in [4.78, 5) is 3.97. The second kappa shape index (κ2) is 1.55. The van der Waals surface area contributed by atoms with Crippen molar-refractivity contribution < 1.29 is 0 Å². The maximum absolute atomic E-state index is 3.97. The lowest BCUT2D eigenvalue weighted by Crippen LogP contribution is -1.82. The van der Waals surface area contributed by atoms with Crippen LogP contribution in [-0.4, -0.2) is 14.6 Å². The molecule has 2 aromatic heterocycles. The summed E-state index contributed by atoms with van der Waals surface area (Å²) in [5.41, 5.74) is 0.887. The summed E-state index contributed by atoms with van der Waals surface area (Å²) < 4.78 is 1.72. The molecular formula is C6H5N3. The van der Waals surface area contributed by atoms with E-state index in [4.69, 9.17) is 0 Å². The smallest absolute Gasteiger partial charge is 0.155 e. The molecule has 0 fully saturated rings. The first-order valence-electron chi connectivity index (χ1n) is 2.71. The predicted molar refractivity (Wildman–Crippen MR) is 33.0 cm³/mol. The highest BCUT2D eigenvalue weighted by atomic mass is 15.3. The lowest BCUT2D eigenvalue weighted by molar-refractivity contribution is 0.961. The Bertz CT molecular complexity index is 282. The van der Waals surface area contributed by atoms with Crippen LogP contribution in [0.4, 0.5) is 0 Å². The van der Waals surface area contributed by atoms with E-state index in [1.807, 2.05) is 24.4 Å². The fraction of sp³-hybridized carbons (Fsp3) is 0. The average molecular weight is 119 g/mol. The summed E-state index contributed by atoms with van der Waals surface area (Å²) in [7, 11) is 0. The number of fused-ring (bicyclic) bond motifs is 1. The largest absolute Gasteiger partial charge is 0.221 e. The van der Waals surface area contributed by atoms with Crippen molar-refractivity contribution >= 4 is 5.65 Å². The van der Waals surface area contributed by atoms with Gasteiger partial charge < -0.3 is 0 Å². The minimum absolute atomic E-state index is 0.887. The number of rotatable bonds is 0. The molecule has 0 N–H and O–H groups in total. The van der Waals surface area contributed by atoms with Crippen molar-refractivity contribution in [2.75, 3.05) is 0 Å². The van der Waals surface area contributed by atoms with Crippen molar-refractivity contribution in [2.24, 2.45) is 0 Å². The molecule has 0 aliphatic heterocycles. The van der Waals surface area contributed by atoms with E-state index in [-0.39, 0.29) is 0 Å². The van der Waals surface area contributed by atoms with Gasteiger partial charge in [0.15, 0.2) is 5.65 Å². The maximum Gasteiger partial charge on any atom is 0.155 e. The average Bonchev–Trinajstić information content (AvgIpc) is 2.33. The van der Waals surface area contributed by atoms with Crippen molar-refractivity contribution in [3.63, 3.8) is 0 Å². The Kier molecular flexibility index (Phi) is 0.773. The first-order valence-corrected chi connectivity index (χ1v) is 2.71. The lowest BCUT2D eigenvalue weighted by Gasteiger charge is -1.84. The molecule has 2 aromatic rings. The molecular weight excluding hydrogens is 114 g/mol. The molecule has 0 bridgehead atoms. The Morgan fingerprint density at radius 3 is 3.22 bits per heavy atom. The topological polar surface area (TPSA) is 30.2 Å². The van der Waals surface area contributed by atoms with Crippen molar-refractivity contribution in [1.82, 2.24) is 14.6 Å². The van der Waals surface area contributed by atoms with Crippen LogP contribution in [0.1, 0.15) is 0 Å². The third-order valence-corrected chi connectivity index (χ3v) is 1.18. The first kappa shape index (κ1) is 4.49. The number of pyridine rings is 1. The van der Waals surface area contributed by atoms with E-state index in [1.165, 1.54) is 6.33 Å². The molecule has 0 radical (unpaired) electrons. The first-order chi connectivity index (χ1) is 4.47. The van der Waals surface area contributed by atoms with Crippen LogP contribution in [0.15, 0.2) is 30.7 Å². The molecule has 2 heterocycles. The van der Waals surface area contributed by atoms with E-state index in [2.05, 4.69) is 10.1 Å². The predicted octanol–water partition coefficient (Wildman–Crippen LogP) is 0.729. The van der Waals surface area contributed by atoms with Gasteiger partial charge in [0.05, 0.1) is 0 Å². The summed E-state index contributed by atoms with van der Waals surface area (Å²) in [5, 5.41) is 3.92. The monoisotopic (exact) mass is 119 g/mol. The molecule has 0 unspecified atom stereocenters. The summed E-state index contributed by atoms with van der Waals surface area (Å²) in [6.45, 7) is 0. The van der Waals surface area contributed by atoms with Gasteiger partial charge in [-0.1, -0.05) is 6.07 Å². The summed E-state index contributed by atoms with van der Waals surface area (Å²) in [6.07, 6.45) is 3.40. The van der Waals surface area contributed by atoms with E-state index in [0.29, 0.717) is 0 Å². The lowest BCUT2D eigenvalue weighted by atomic mass is 10.5. The van der Waals surface area contributed by atoms with Crippen molar-refractivity contribution in [3.8, 4) is 0 Å². The third kappa shape index (κ3) is 0.579. The maximum atomic E-state index is 3.97. The zero-order chi connectivity index (χ0) is 6.10. The highest BCUT2D eigenvalue weighted by Gasteiger charge is 1.86. The Balaban J connectivity index is 2.95. The molecule has 0 aliphatic rings. The summed E-state index contributed by atoms with van der Waals surface area (Å²) in [6, 6.07) is 5.76. The molecule has 2 rings (SSSR count). The summed E-state index contributed by atoms with van der Waals surface area (Å²) >= 11 is 0. The van der Waals surface area contributed by atoms with Crippen molar-refractivity contribution in [1.29, 1.82) is 0 Å². The Labute approximate surface area is 52.0 Å². The van der Waals surface area contributed by atoms with Crippen LogP contribution in [0.25, 0.3) is 5.65 Å². The van der Waals surface area contributed by atoms with Gasteiger partial charge >= 0.3 is 0 Å². The minimum Gasteiger partial charge on any atom is -0.221 e. The Morgan fingerprint density at radius 2 is 2.33 bits per heavy atom. The van der Waals surface area contributed by atoms with Crippen LogP contribution in [0.3, 0.4) is 0 Å². The molecule has 0 saturated heterocycles. The Morgan fingerprint density at radius 1 is 1.33 bits per heavy atom. The van der Waals surface area contributed by atoms with Gasteiger partial charge in [-0.3, -0.25) is 0 Å². The number of aromatic nitrogens is 3. The van der Waals surface area contributed by atoms with Gasteiger partial charge in [0.2, 0.25) is 0 Å². The van der Waals surface area contributed by atoms with Gasteiger partial charge in [0, 0.05) is 6.20 Å². The van der Waals surface area contributed by atoms with Crippen LogP contribution in [0, 0.1) is 0 Å². The van der Waals surface area contributed by atoms with Gasteiger partial charge in [-0.15, -0.1) is 0 Å². The van der Waals surface area contributed by atoms with E-state index in [9.17, 15) is 0 Å². The van der Waals surface area contributed by atoms with E-state index >= 15 is 0 Å². The normalized spacial score (nSPS) is 10.2. The second-order valence-corrected chi connectivity index (χ2v) is 1.76. The molecule has 0 aliphatic carbocycles. The molecule has 44 valence electrons. The quantitative estimate of drug-likeness (QED) is 0.511. The van der Waals surface area contributed by atoms with Gasteiger partial charge in [0.1, 0.15) is 6.33 Å². The van der Waals surface area contributed by atoms with Crippen molar-refractivity contribution in [2.45, 2.75) is 0 Å². The van der Waals surface area contributed by atoms with E-state index in [0.717, 1.165) is 5.65 Å². The van der Waals surface area contributed by atoms with Gasteiger partial charge in [0.25, 0.3) is 0 Å². The molecule has 0 atom stereocenters. The zero-order valence-electron chi connectivity index (χ0n) is 4.73. The van der Waals surface area contributed by atoms with Crippen LogP contribution in [0.2, 0.25) is 0 Å². The fourth-order valence-electron chi connectivity index (χ4n) is 0.766. The standard InChI is InChI=1S/C6H5N3/c1-2-4-9-6(3-1)7-5-8-9/h1-5H. The molecule has 3 nitrogen and oxygen atoms in total. The molecule has 0 saturated carbocycles. The molecule has 9 heavy (non-hydrogen) atoms. The van der Waals surface area contributed by atoms with Crippen LogP contribution in [-0.2, 0) is 0 Å². The van der Waals surface area contributed by atoms with Gasteiger partial charge in [-0.2, -0.15) is 5.10 Å². The highest BCUT2D eigenvalue weighted by Crippen LogP contribution is 1.93. The molecule has 0 amide bonds. The van der Waals surface area contributed by atoms with E-state index in [1.54, 1.807) is 4.52 Å². The molecule has 3 heteroatoms. The van der Waals surface area contributed by atoms with Crippen LogP contribution in [0.5, 0.6) is 0 Å². The van der Waals surface area contributed by atoms with E-state index < -0.39 is 0 Å². The number of hydrogen-bond donors (Lipinski definition) is 0. The Hall–Kier alpha value is -1.38. The van der Waals surface area contributed by atoms with Gasteiger partial charge in [-0.05, 0) is 12.1 Å². The second-order valence-electron chi connectivity index (χ2n) is 1.76. The van der Waals surface area contributed by atoms with Crippen molar-refractivity contribution in [3.05, 3.63) is 30.7 Å². The summed E-state index contributed by atoms with van der Waals surface area (Å²) in [5.74, 6) is 0. The highest BCUT2D eigenvalue weighted by molar-refractivity contribution is 5.34. The molecule has 0 spiro atoms.